The van der Waals surface area contributed by atoms with Crippen LogP contribution in [0.2, 0.25) is 0 Å². The van der Waals surface area contributed by atoms with E-state index < -0.39 is 0 Å². The van der Waals surface area contributed by atoms with Gasteiger partial charge in [0.1, 0.15) is 18.1 Å². The summed E-state index contributed by atoms with van der Waals surface area (Å²) in [5, 5.41) is 9.35. The van der Waals surface area contributed by atoms with Crippen LogP contribution in [-0.4, -0.2) is 12.2 Å². The van der Waals surface area contributed by atoms with Gasteiger partial charge in [-0.25, -0.2) is 0 Å². The van der Waals surface area contributed by atoms with Gasteiger partial charge in [0.2, 0.25) is 0 Å². The standard InChI is InChI=1S/C15H15BrO3/c1-18-13-6-7-15(12(8-13)9-17)19-10-11-4-2-3-5-14(11)16/h2-8,17H,9-10H2,1H3. The minimum Gasteiger partial charge on any atom is -0.497 e. The smallest absolute Gasteiger partial charge is 0.125 e. The summed E-state index contributed by atoms with van der Waals surface area (Å²) in [7, 11) is 1.60. The van der Waals surface area contributed by atoms with Crippen molar-refractivity contribution >= 4 is 15.9 Å². The SMILES string of the molecule is COc1ccc(OCc2ccccc2Br)c(CO)c1. The fourth-order valence-corrected chi connectivity index (χ4v) is 2.12. The maximum Gasteiger partial charge on any atom is 0.125 e. The molecule has 4 heteroatoms. The first kappa shape index (κ1) is 13.9. The molecule has 0 saturated carbocycles. The topological polar surface area (TPSA) is 38.7 Å². The lowest BCUT2D eigenvalue weighted by molar-refractivity contribution is 0.257. The quantitative estimate of drug-likeness (QED) is 0.915. The molecule has 0 aliphatic carbocycles. The molecule has 0 amide bonds. The van der Waals surface area contributed by atoms with Crippen LogP contribution in [-0.2, 0) is 13.2 Å². The highest BCUT2D eigenvalue weighted by Gasteiger charge is 2.06. The van der Waals surface area contributed by atoms with Gasteiger partial charge in [0, 0.05) is 15.6 Å². The predicted molar refractivity (Wildman–Crippen MR) is 77.4 cm³/mol. The number of benzene rings is 2. The highest BCUT2D eigenvalue weighted by molar-refractivity contribution is 9.10. The molecule has 1 N–H and O–H groups in total. The summed E-state index contributed by atoms with van der Waals surface area (Å²) in [6.45, 7) is 0.364. The molecule has 0 saturated heterocycles. The van der Waals surface area contributed by atoms with Crippen molar-refractivity contribution in [2.75, 3.05) is 7.11 Å². The van der Waals surface area contributed by atoms with E-state index in [4.69, 9.17) is 9.47 Å². The van der Waals surface area contributed by atoms with E-state index in [0.717, 1.165) is 10.0 Å². The number of aliphatic hydroxyl groups excluding tert-OH is 1. The summed E-state index contributed by atoms with van der Waals surface area (Å²) in [5.41, 5.74) is 1.77. The number of methoxy groups -OCH3 is 1. The number of hydrogen-bond donors (Lipinski definition) is 1. The van der Waals surface area contributed by atoms with E-state index in [0.29, 0.717) is 23.7 Å². The molecule has 2 aromatic rings. The molecule has 0 radical (unpaired) electrons. The molecular formula is C15H15BrO3. The first-order chi connectivity index (χ1) is 9.24. The number of ether oxygens (including phenoxy) is 2. The van der Waals surface area contributed by atoms with Crippen LogP contribution < -0.4 is 9.47 Å². The van der Waals surface area contributed by atoms with E-state index in [9.17, 15) is 5.11 Å². The summed E-state index contributed by atoms with van der Waals surface area (Å²) in [4.78, 5) is 0. The average Bonchev–Trinajstić information content (AvgIpc) is 2.46. The largest absolute Gasteiger partial charge is 0.497 e. The lowest BCUT2D eigenvalue weighted by atomic mass is 10.2. The Kier molecular flexibility index (Phi) is 4.82. The second-order valence-electron chi connectivity index (χ2n) is 4.01. The van der Waals surface area contributed by atoms with Crippen LogP contribution >= 0.6 is 15.9 Å². The average molecular weight is 323 g/mol. The Morgan fingerprint density at radius 3 is 2.58 bits per heavy atom. The second-order valence-corrected chi connectivity index (χ2v) is 4.87. The van der Waals surface area contributed by atoms with Crippen molar-refractivity contribution in [3.05, 3.63) is 58.1 Å². The molecule has 0 heterocycles. The van der Waals surface area contributed by atoms with Crippen LogP contribution in [0.25, 0.3) is 0 Å². The zero-order valence-corrected chi connectivity index (χ0v) is 12.2. The highest BCUT2D eigenvalue weighted by atomic mass is 79.9. The predicted octanol–water partition coefficient (Wildman–Crippen LogP) is 3.53. The zero-order chi connectivity index (χ0) is 13.7. The van der Waals surface area contributed by atoms with Gasteiger partial charge < -0.3 is 14.6 Å². The molecule has 0 bridgehead atoms. The van der Waals surface area contributed by atoms with Gasteiger partial charge in [-0.2, -0.15) is 0 Å². The van der Waals surface area contributed by atoms with Gasteiger partial charge in [0.25, 0.3) is 0 Å². The molecule has 0 aliphatic rings. The first-order valence-corrected chi connectivity index (χ1v) is 6.68. The van der Waals surface area contributed by atoms with Gasteiger partial charge in [-0.1, -0.05) is 34.1 Å². The first-order valence-electron chi connectivity index (χ1n) is 5.88. The lowest BCUT2D eigenvalue weighted by Gasteiger charge is -2.12. The van der Waals surface area contributed by atoms with Gasteiger partial charge in [0.05, 0.1) is 13.7 Å². The molecule has 19 heavy (non-hydrogen) atoms. The van der Waals surface area contributed by atoms with Gasteiger partial charge >= 0.3 is 0 Å². The van der Waals surface area contributed by atoms with E-state index in [1.807, 2.05) is 30.3 Å². The van der Waals surface area contributed by atoms with Crippen LogP contribution in [0, 0.1) is 0 Å². The molecule has 0 spiro atoms. The second kappa shape index (κ2) is 6.59. The number of hydrogen-bond acceptors (Lipinski definition) is 3. The molecule has 0 aliphatic heterocycles. The van der Waals surface area contributed by atoms with Gasteiger partial charge in [-0.05, 0) is 24.3 Å². The fraction of sp³-hybridized carbons (Fsp3) is 0.200. The van der Waals surface area contributed by atoms with Crippen LogP contribution in [0.5, 0.6) is 11.5 Å². The Bertz CT molecular complexity index is 555. The maximum atomic E-state index is 9.35. The number of rotatable bonds is 5. The lowest BCUT2D eigenvalue weighted by Crippen LogP contribution is -2.00. The van der Waals surface area contributed by atoms with Crippen LogP contribution in [0.15, 0.2) is 46.9 Å². The van der Waals surface area contributed by atoms with Gasteiger partial charge in [-0.15, -0.1) is 0 Å². The van der Waals surface area contributed by atoms with E-state index in [2.05, 4.69) is 15.9 Å². The van der Waals surface area contributed by atoms with Crippen molar-refractivity contribution in [1.29, 1.82) is 0 Å². The van der Waals surface area contributed by atoms with Gasteiger partial charge in [-0.3, -0.25) is 0 Å². The third kappa shape index (κ3) is 3.49. The van der Waals surface area contributed by atoms with E-state index >= 15 is 0 Å². The van der Waals surface area contributed by atoms with Crippen LogP contribution in [0.4, 0.5) is 0 Å². The minimum atomic E-state index is -0.0809. The molecular weight excluding hydrogens is 308 g/mol. The summed E-state index contributed by atoms with van der Waals surface area (Å²) in [5.74, 6) is 1.37. The summed E-state index contributed by atoms with van der Waals surface area (Å²) < 4.78 is 11.9. The molecule has 0 fully saturated rings. The van der Waals surface area contributed by atoms with Crippen molar-refractivity contribution in [1.82, 2.24) is 0 Å². The monoisotopic (exact) mass is 322 g/mol. The Labute approximate surface area is 120 Å². The molecule has 0 aromatic heterocycles. The molecule has 2 rings (SSSR count). The third-order valence-corrected chi connectivity index (χ3v) is 3.55. The molecule has 2 aromatic carbocycles. The van der Waals surface area contributed by atoms with E-state index in [-0.39, 0.29) is 6.61 Å². The zero-order valence-electron chi connectivity index (χ0n) is 10.6. The van der Waals surface area contributed by atoms with Gasteiger partial charge in [0.15, 0.2) is 0 Å². The molecule has 0 unspecified atom stereocenters. The Balaban J connectivity index is 2.13. The third-order valence-electron chi connectivity index (χ3n) is 2.78. The Morgan fingerprint density at radius 2 is 1.89 bits per heavy atom. The molecule has 3 nitrogen and oxygen atoms in total. The maximum absolute atomic E-state index is 9.35. The number of halogens is 1. The van der Waals surface area contributed by atoms with Crippen molar-refractivity contribution in [3.63, 3.8) is 0 Å². The van der Waals surface area contributed by atoms with Crippen molar-refractivity contribution in [3.8, 4) is 11.5 Å². The Morgan fingerprint density at radius 1 is 1.11 bits per heavy atom. The molecule has 100 valence electrons. The van der Waals surface area contributed by atoms with E-state index in [1.165, 1.54) is 0 Å². The van der Waals surface area contributed by atoms with Crippen LogP contribution in [0.1, 0.15) is 11.1 Å². The fourth-order valence-electron chi connectivity index (χ4n) is 1.72. The summed E-state index contributed by atoms with van der Waals surface area (Å²) in [6.07, 6.45) is 0. The normalized spacial score (nSPS) is 10.3. The van der Waals surface area contributed by atoms with Crippen LogP contribution in [0.3, 0.4) is 0 Å². The highest BCUT2D eigenvalue weighted by Crippen LogP contribution is 2.26. The van der Waals surface area contributed by atoms with Crippen molar-refractivity contribution < 1.29 is 14.6 Å². The summed E-state index contributed by atoms with van der Waals surface area (Å²) in [6, 6.07) is 13.3. The van der Waals surface area contributed by atoms with E-state index in [1.54, 1.807) is 19.2 Å². The van der Waals surface area contributed by atoms with Crippen molar-refractivity contribution in [2.45, 2.75) is 13.2 Å². The molecule has 0 atom stereocenters. The Hall–Kier alpha value is -1.52. The minimum absolute atomic E-state index is 0.0809. The summed E-state index contributed by atoms with van der Waals surface area (Å²) >= 11 is 3.48. The number of aliphatic hydroxyl groups is 1. The van der Waals surface area contributed by atoms with Crippen molar-refractivity contribution in [2.24, 2.45) is 0 Å².